The Bertz CT molecular complexity index is 1130. The van der Waals surface area contributed by atoms with Crippen LogP contribution in [0.3, 0.4) is 0 Å². The van der Waals surface area contributed by atoms with E-state index in [1.807, 2.05) is 50.5 Å². The molecule has 2 heterocycles. The second-order valence-corrected chi connectivity index (χ2v) is 9.71. The van der Waals surface area contributed by atoms with Crippen LogP contribution in [0.25, 0.3) is 0 Å². The molecule has 4 nitrogen and oxygen atoms in total. The topological polar surface area (TPSA) is 40.6 Å². The van der Waals surface area contributed by atoms with Crippen LogP contribution in [0, 0.1) is 11.8 Å². The predicted molar refractivity (Wildman–Crippen MR) is 122 cm³/mol. The number of hydrogen-bond acceptors (Lipinski definition) is 5. The fourth-order valence-corrected chi connectivity index (χ4v) is 5.89. The quantitative estimate of drug-likeness (QED) is 0.660. The van der Waals surface area contributed by atoms with Crippen LogP contribution >= 0.6 is 11.8 Å². The van der Waals surface area contributed by atoms with Crippen LogP contribution in [-0.2, 0) is 15.0 Å². The molecular formula is C25H24N2O2S. The molecule has 1 saturated carbocycles. The van der Waals surface area contributed by atoms with E-state index in [1.54, 1.807) is 11.8 Å². The summed E-state index contributed by atoms with van der Waals surface area (Å²) in [5, 5.41) is 0.944. The molecule has 0 unspecified atom stereocenters. The Morgan fingerprint density at radius 2 is 1.43 bits per heavy atom. The van der Waals surface area contributed by atoms with Gasteiger partial charge in [-0.25, -0.2) is 0 Å². The molecule has 0 bridgehead atoms. The number of nitrogens with zero attached hydrogens (tertiary/aromatic N) is 2. The van der Waals surface area contributed by atoms with Crippen molar-refractivity contribution in [3.05, 3.63) is 77.0 Å². The molecule has 0 radical (unpaired) electrons. The van der Waals surface area contributed by atoms with Gasteiger partial charge < -0.3 is 9.80 Å². The highest BCUT2D eigenvalue weighted by Gasteiger charge is 2.49. The first kappa shape index (κ1) is 19.2. The van der Waals surface area contributed by atoms with Crippen molar-refractivity contribution in [1.82, 2.24) is 0 Å². The second-order valence-electron chi connectivity index (χ2n) is 8.65. The van der Waals surface area contributed by atoms with Gasteiger partial charge in [0.15, 0.2) is 11.6 Å². The maximum absolute atomic E-state index is 13.0. The number of para-hydroxylation sites is 2. The van der Waals surface area contributed by atoms with Crippen LogP contribution in [0.5, 0.6) is 0 Å². The number of carbonyl (C=O) groups excluding carboxylic acids is 2. The molecule has 0 amide bonds. The van der Waals surface area contributed by atoms with E-state index in [1.165, 1.54) is 5.56 Å². The average Bonchev–Trinajstić information content (AvgIpc) is 3.16. The van der Waals surface area contributed by atoms with Gasteiger partial charge in [0.05, 0.1) is 22.6 Å². The van der Waals surface area contributed by atoms with Gasteiger partial charge in [0.2, 0.25) is 0 Å². The third-order valence-electron chi connectivity index (χ3n) is 6.57. The first-order chi connectivity index (χ1) is 14.3. The summed E-state index contributed by atoms with van der Waals surface area (Å²) in [4.78, 5) is 31.2. The molecular weight excluding hydrogens is 392 g/mol. The lowest BCUT2D eigenvalue weighted by Gasteiger charge is -2.32. The van der Waals surface area contributed by atoms with E-state index in [9.17, 15) is 9.59 Å². The van der Waals surface area contributed by atoms with Crippen molar-refractivity contribution in [1.29, 1.82) is 0 Å². The van der Waals surface area contributed by atoms with E-state index in [-0.39, 0.29) is 17.0 Å². The molecule has 0 aromatic heterocycles. The molecule has 0 N–H and O–H groups in total. The molecule has 2 aromatic carbocycles. The van der Waals surface area contributed by atoms with Crippen molar-refractivity contribution < 1.29 is 9.59 Å². The summed E-state index contributed by atoms with van der Waals surface area (Å²) >= 11 is 1.61. The Balaban J connectivity index is 1.40. The predicted octanol–water partition coefficient (Wildman–Crippen LogP) is 4.77. The summed E-state index contributed by atoms with van der Waals surface area (Å²) in [6.07, 6.45) is 3.72. The first-order valence-corrected chi connectivity index (χ1v) is 11.0. The highest BCUT2D eigenvalue weighted by Crippen LogP contribution is 2.49. The number of ketones is 2. The molecule has 2 aliphatic heterocycles. The largest absolute Gasteiger partial charge is 0.347 e. The van der Waals surface area contributed by atoms with Crippen molar-refractivity contribution in [3.8, 4) is 0 Å². The van der Waals surface area contributed by atoms with Gasteiger partial charge in [-0.15, -0.1) is 0 Å². The van der Waals surface area contributed by atoms with Crippen LogP contribution in [0.15, 0.2) is 76.3 Å². The molecule has 1 aliphatic carbocycles. The summed E-state index contributed by atoms with van der Waals surface area (Å²) < 4.78 is 0. The maximum atomic E-state index is 13.0. The minimum absolute atomic E-state index is 0.00916. The lowest BCUT2D eigenvalue weighted by Crippen LogP contribution is -2.47. The van der Waals surface area contributed by atoms with E-state index in [4.69, 9.17) is 0 Å². The van der Waals surface area contributed by atoms with E-state index >= 15 is 0 Å². The van der Waals surface area contributed by atoms with Gasteiger partial charge in [-0.2, -0.15) is 0 Å². The van der Waals surface area contributed by atoms with Crippen molar-refractivity contribution in [2.45, 2.75) is 24.2 Å². The third kappa shape index (κ3) is 2.61. The van der Waals surface area contributed by atoms with E-state index < -0.39 is 11.8 Å². The SMILES string of the molecule is CN1/C(=C/C2C(=O)C(/C=C3/N(C)c4ccccc4C3(C)C)C2=O)Sc2ccccc21. The monoisotopic (exact) mass is 416 g/mol. The van der Waals surface area contributed by atoms with Gasteiger partial charge in [-0.1, -0.05) is 55.9 Å². The van der Waals surface area contributed by atoms with Crippen molar-refractivity contribution in [2.75, 3.05) is 23.9 Å². The van der Waals surface area contributed by atoms with Crippen LogP contribution < -0.4 is 9.80 Å². The van der Waals surface area contributed by atoms with E-state index in [2.05, 4.69) is 47.9 Å². The Morgan fingerprint density at radius 3 is 2.10 bits per heavy atom. The number of thioether (sulfide) groups is 1. The Morgan fingerprint density at radius 1 is 0.833 bits per heavy atom. The van der Waals surface area contributed by atoms with Gasteiger partial charge in [0, 0.05) is 35.8 Å². The zero-order chi connectivity index (χ0) is 21.2. The van der Waals surface area contributed by atoms with Gasteiger partial charge in [-0.3, -0.25) is 9.59 Å². The van der Waals surface area contributed by atoms with Gasteiger partial charge in [0.25, 0.3) is 0 Å². The van der Waals surface area contributed by atoms with Gasteiger partial charge >= 0.3 is 0 Å². The summed E-state index contributed by atoms with van der Waals surface area (Å²) in [7, 11) is 3.98. The van der Waals surface area contributed by atoms with Gasteiger partial charge in [0.1, 0.15) is 0 Å². The molecule has 5 heteroatoms. The Kier molecular flexibility index (Phi) is 4.23. The highest BCUT2D eigenvalue weighted by atomic mass is 32.2. The third-order valence-corrected chi connectivity index (χ3v) is 7.76. The number of benzene rings is 2. The number of anilines is 2. The fraction of sp³-hybridized carbons (Fsp3) is 0.280. The molecule has 1 fully saturated rings. The number of rotatable bonds is 2. The lowest BCUT2D eigenvalue weighted by molar-refractivity contribution is -0.146. The number of likely N-dealkylation sites (N-methyl/N-ethyl adjacent to an activating group) is 1. The molecule has 0 saturated heterocycles. The van der Waals surface area contributed by atoms with Crippen molar-refractivity contribution in [2.24, 2.45) is 11.8 Å². The summed E-state index contributed by atoms with van der Waals surface area (Å²) in [6.45, 7) is 4.30. The molecule has 152 valence electrons. The number of allylic oxidation sites excluding steroid dienone is 3. The first-order valence-electron chi connectivity index (χ1n) is 10.2. The van der Waals surface area contributed by atoms with Gasteiger partial charge in [-0.05, 0) is 35.9 Å². The summed E-state index contributed by atoms with van der Waals surface area (Å²) in [6, 6.07) is 16.4. The number of fused-ring (bicyclic) bond motifs is 2. The molecule has 30 heavy (non-hydrogen) atoms. The lowest BCUT2D eigenvalue weighted by atomic mass is 9.70. The Labute approximate surface area is 181 Å². The summed E-state index contributed by atoms with van der Waals surface area (Å²) in [5.41, 5.74) is 4.24. The number of hydrogen-bond donors (Lipinski definition) is 0. The minimum atomic E-state index is -0.656. The molecule has 0 atom stereocenters. The second kappa shape index (κ2) is 6.61. The normalized spacial score (nSPS) is 26.9. The highest BCUT2D eigenvalue weighted by molar-refractivity contribution is 8.03. The number of Topliss-reactive ketones (excluding diaryl/α,β-unsaturated/α-hetero) is 2. The zero-order valence-electron chi connectivity index (χ0n) is 17.5. The van der Waals surface area contributed by atoms with Crippen LogP contribution in [0.4, 0.5) is 11.4 Å². The summed E-state index contributed by atoms with van der Waals surface area (Å²) in [5.74, 6) is -1.32. The molecule has 2 aromatic rings. The Hall–Kier alpha value is -2.79. The smallest absolute Gasteiger partial charge is 0.161 e. The standard InChI is InChI=1S/C25H24N2O2S/c1-25(2)17-9-5-6-10-18(17)26(3)21(25)13-15-23(28)16(24(15)29)14-22-27(4)19-11-7-8-12-20(19)30-22/h5-16H,1-4H3/b21-13+,22-14-. The van der Waals surface area contributed by atoms with Crippen LogP contribution in [0.1, 0.15) is 19.4 Å². The molecule has 0 spiro atoms. The van der Waals surface area contributed by atoms with Crippen LogP contribution in [0.2, 0.25) is 0 Å². The maximum Gasteiger partial charge on any atom is 0.161 e. The van der Waals surface area contributed by atoms with Crippen molar-refractivity contribution >= 4 is 34.7 Å². The average molecular weight is 417 g/mol. The van der Waals surface area contributed by atoms with E-state index in [0.29, 0.717) is 0 Å². The number of carbonyl (C=O) groups is 2. The minimum Gasteiger partial charge on any atom is -0.347 e. The van der Waals surface area contributed by atoms with Crippen molar-refractivity contribution in [3.63, 3.8) is 0 Å². The molecule has 3 aliphatic rings. The zero-order valence-corrected chi connectivity index (χ0v) is 18.4. The fourth-order valence-electron chi connectivity index (χ4n) is 4.77. The van der Waals surface area contributed by atoms with E-state index in [0.717, 1.165) is 27.0 Å². The van der Waals surface area contributed by atoms with Crippen LogP contribution in [-0.4, -0.2) is 25.7 Å². The molecule has 5 rings (SSSR count).